The van der Waals surface area contributed by atoms with Crippen LogP contribution in [0.1, 0.15) is 38.5 Å². The number of rotatable bonds is 4. The molecule has 0 bridgehead atoms. The van der Waals surface area contributed by atoms with E-state index in [2.05, 4.69) is 10.6 Å². The lowest BCUT2D eigenvalue weighted by Gasteiger charge is -2.43. The van der Waals surface area contributed by atoms with Crippen molar-refractivity contribution in [1.82, 2.24) is 15.5 Å². The lowest BCUT2D eigenvalue weighted by molar-refractivity contribution is -0.137. The first-order valence-corrected chi connectivity index (χ1v) is 7.13. The molecule has 0 aromatic heterocycles. The molecule has 1 heterocycles. The average Bonchev–Trinajstić information content (AvgIpc) is 2.42. The van der Waals surface area contributed by atoms with E-state index in [0.29, 0.717) is 13.0 Å². The number of carboxylic acids is 1. The third-order valence-corrected chi connectivity index (χ3v) is 3.89. The summed E-state index contributed by atoms with van der Waals surface area (Å²) in [6.45, 7) is 0.409. The maximum atomic E-state index is 12.1. The molecule has 112 valence electrons. The highest BCUT2D eigenvalue weighted by molar-refractivity contribution is 5.86. The Morgan fingerprint density at radius 1 is 1.35 bits per heavy atom. The summed E-state index contributed by atoms with van der Waals surface area (Å²) in [4.78, 5) is 35.8. The maximum absolute atomic E-state index is 12.1. The second-order valence-corrected chi connectivity index (χ2v) is 5.38. The van der Waals surface area contributed by atoms with Crippen LogP contribution in [0.2, 0.25) is 0 Å². The van der Waals surface area contributed by atoms with Crippen LogP contribution in [0.4, 0.5) is 4.79 Å². The molecule has 2 rings (SSSR count). The van der Waals surface area contributed by atoms with Gasteiger partial charge in [0.15, 0.2) is 0 Å². The molecule has 7 heteroatoms. The smallest absolute Gasteiger partial charge is 0.318 e. The Morgan fingerprint density at radius 2 is 2.10 bits per heavy atom. The third kappa shape index (κ3) is 3.61. The molecule has 3 N–H and O–H groups in total. The monoisotopic (exact) mass is 283 g/mol. The largest absolute Gasteiger partial charge is 0.481 e. The van der Waals surface area contributed by atoms with Crippen LogP contribution in [0.15, 0.2) is 0 Å². The Balaban J connectivity index is 1.86. The number of nitrogens with zero attached hydrogens (tertiary/aromatic N) is 1. The minimum Gasteiger partial charge on any atom is -0.481 e. The minimum absolute atomic E-state index is 0.0345. The molecule has 2 fully saturated rings. The van der Waals surface area contributed by atoms with Gasteiger partial charge in [0.2, 0.25) is 5.91 Å². The summed E-state index contributed by atoms with van der Waals surface area (Å²) in [5, 5.41) is 14.2. The molecule has 0 unspecified atom stereocenters. The number of urea groups is 1. The summed E-state index contributed by atoms with van der Waals surface area (Å²) >= 11 is 0. The maximum Gasteiger partial charge on any atom is 0.318 e. The number of amides is 3. The number of fused-ring (bicyclic) bond motifs is 1. The van der Waals surface area contributed by atoms with Gasteiger partial charge in [-0.2, -0.15) is 0 Å². The van der Waals surface area contributed by atoms with Gasteiger partial charge in [-0.3, -0.25) is 9.59 Å². The van der Waals surface area contributed by atoms with Crippen LogP contribution in [0.3, 0.4) is 0 Å². The van der Waals surface area contributed by atoms with Gasteiger partial charge in [-0.1, -0.05) is 12.8 Å². The highest BCUT2D eigenvalue weighted by atomic mass is 16.4. The number of aliphatic carboxylic acids is 1. The van der Waals surface area contributed by atoms with E-state index in [1.165, 1.54) is 0 Å². The number of carbonyl (C=O) groups is 3. The molecule has 2 aliphatic rings. The van der Waals surface area contributed by atoms with Gasteiger partial charge in [-0.15, -0.1) is 0 Å². The van der Waals surface area contributed by atoms with Gasteiger partial charge in [-0.05, 0) is 19.3 Å². The predicted octanol–water partition coefficient (Wildman–Crippen LogP) is 0.304. The van der Waals surface area contributed by atoms with Gasteiger partial charge >= 0.3 is 12.0 Å². The van der Waals surface area contributed by atoms with Gasteiger partial charge in [0.05, 0.1) is 6.04 Å². The first-order chi connectivity index (χ1) is 9.58. The molecule has 0 aromatic rings. The van der Waals surface area contributed by atoms with Gasteiger partial charge in [0.1, 0.15) is 6.54 Å². The van der Waals surface area contributed by atoms with E-state index in [0.717, 1.165) is 25.7 Å². The third-order valence-electron chi connectivity index (χ3n) is 3.89. The molecule has 0 radical (unpaired) electrons. The van der Waals surface area contributed by atoms with Crippen molar-refractivity contribution in [2.24, 2.45) is 0 Å². The Bertz CT molecular complexity index is 399. The molecule has 0 spiro atoms. The first-order valence-electron chi connectivity index (χ1n) is 7.13. The van der Waals surface area contributed by atoms with Crippen LogP contribution in [0, 0.1) is 0 Å². The van der Waals surface area contributed by atoms with Crippen molar-refractivity contribution in [1.29, 1.82) is 0 Å². The molecule has 20 heavy (non-hydrogen) atoms. The zero-order chi connectivity index (χ0) is 14.5. The van der Waals surface area contributed by atoms with Gasteiger partial charge in [0.25, 0.3) is 0 Å². The standard InChI is InChI=1S/C13H21N3O4/c17-11-8-16(10-5-2-1-4-9(10)15-11)13(20)14-7-3-6-12(18)19/h9-10H,1-8H2,(H,14,20)(H,15,17)(H,18,19)/t9-,10-/m0/s1. The van der Waals surface area contributed by atoms with Gasteiger partial charge < -0.3 is 20.6 Å². The molecule has 7 nitrogen and oxygen atoms in total. The van der Waals surface area contributed by atoms with Gasteiger partial charge in [0, 0.05) is 19.0 Å². The molecule has 2 atom stereocenters. The van der Waals surface area contributed by atoms with Crippen molar-refractivity contribution in [3.05, 3.63) is 0 Å². The van der Waals surface area contributed by atoms with E-state index in [1.807, 2.05) is 0 Å². The van der Waals surface area contributed by atoms with Crippen LogP contribution in [-0.4, -0.2) is 53.1 Å². The summed E-state index contributed by atoms with van der Waals surface area (Å²) < 4.78 is 0. The van der Waals surface area contributed by atoms with Crippen LogP contribution in [-0.2, 0) is 9.59 Å². The summed E-state index contributed by atoms with van der Waals surface area (Å²) in [5.41, 5.74) is 0. The Hall–Kier alpha value is -1.79. The molecule has 0 aromatic carbocycles. The topological polar surface area (TPSA) is 98.7 Å². The fourth-order valence-electron chi connectivity index (χ4n) is 2.94. The number of carboxylic acid groups (broad SMARTS) is 1. The van der Waals surface area contributed by atoms with Crippen molar-refractivity contribution in [2.75, 3.05) is 13.1 Å². The predicted molar refractivity (Wildman–Crippen MR) is 71.2 cm³/mol. The van der Waals surface area contributed by atoms with Crippen molar-refractivity contribution < 1.29 is 19.5 Å². The molecular weight excluding hydrogens is 262 g/mol. The Morgan fingerprint density at radius 3 is 2.85 bits per heavy atom. The normalized spacial score (nSPS) is 25.6. The van der Waals surface area contributed by atoms with E-state index in [9.17, 15) is 14.4 Å². The Labute approximate surface area is 117 Å². The zero-order valence-corrected chi connectivity index (χ0v) is 11.4. The molecule has 1 saturated heterocycles. The lowest BCUT2D eigenvalue weighted by Crippen LogP contribution is -2.64. The Kier molecular flexibility index (Phi) is 4.81. The average molecular weight is 283 g/mol. The highest BCUT2D eigenvalue weighted by Gasteiger charge is 2.38. The summed E-state index contributed by atoms with van der Waals surface area (Å²) in [5.74, 6) is -0.988. The number of nitrogens with one attached hydrogen (secondary N) is 2. The SMILES string of the molecule is O=C(O)CCCNC(=O)N1CC(=O)N[C@H]2CCCC[C@@H]21. The van der Waals surface area contributed by atoms with Crippen molar-refractivity contribution in [3.63, 3.8) is 0 Å². The number of carbonyl (C=O) groups excluding carboxylic acids is 2. The zero-order valence-electron chi connectivity index (χ0n) is 11.4. The first kappa shape index (κ1) is 14.6. The van der Waals surface area contributed by atoms with Crippen LogP contribution in [0.25, 0.3) is 0 Å². The van der Waals surface area contributed by atoms with Crippen LogP contribution in [0.5, 0.6) is 0 Å². The molecule has 3 amide bonds. The second kappa shape index (κ2) is 6.58. The molecule has 1 aliphatic carbocycles. The number of piperazine rings is 1. The number of hydrogen-bond donors (Lipinski definition) is 3. The fraction of sp³-hybridized carbons (Fsp3) is 0.769. The van der Waals surface area contributed by atoms with Crippen LogP contribution < -0.4 is 10.6 Å². The van der Waals surface area contributed by atoms with Crippen LogP contribution >= 0.6 is 0 Å². The quantitative estimate of drug-likeness (QED) is 0.646. The molecule has 1 aliphatic heterocycles. The lowest BCUT2D eigenvalue weighted by atomic mass is 9.87. The van der Waals surface area contributed by atoms with Crippen molar-refractivity contribution in [3.8, 4) is 0 Å². The van der Waals surface area contributed by atoms with E-state index in [-0.39, 0.29) is 37.0 Å². The second-order valence-electron chi connectivity index (χ2n) is 5.38. The van der Waals surface area contributed by atoms with E-state index >= 15 is 0 Å². The summed E-state index contributed by atoms with van der Waals surface area (Å²) in [6, 6.07) is -0.127. The van der Waals surface area contributed by atoms with E-state index in [4.69, 9.17) is 5.11 Å². The minimum atomic E-state index is -0.871. The summed E-state index contributed by atoms with van der Waals surface area (Å²) in [6.07, 6.45) is 4.41. The van der Waals surface area contributed by atoms with E-state index < -0.39 is 5.97 Å². The molecule has 1 saturated carbocycles. The highest BCUT2D eigenvalue weighted by Crippen LogP contribution is 2.25. The van der Waals surface area contributed by atoms with E-state index in [1.54, 1.807) is 4.90 Å². The molecular formula is C13H21N3O4. The van der Waals surface area contributed by atoms with Crippen molar-refractivity contribution >= 4 is 17.9 Å². The fourth-order valence-corrected chi connectivity index (χ4v) is 2.94. The number of hydrogen-bond acceptors (Lipinski definition) is 3. The van der Waals surface area contributed by atoms with Crippen molar-refractivity contribution in [2.45, 2.75) is 50.6 Å². The van der Waals surface area contributed by atoms with Gasteiger partial charge in [-0.25, -0.2) is 4.79 Å². The summed E-state index contributed by atoms with van der Waals surface area (Å²) in [7, 11) is 0.